The lowest BCUT2D eigenvalue weighted by Crippen LogP contribution is -2.39. The number of likely N-dealkylation sites (N-methyl/N-ethyl adjacent to an activating group) is 1. The van der Waals surface area contributed by atoms with Gasteiger partial charge in [-0.1, -0.05) is 37.6 Å². The summed E-state index contributed by atoms with van der Waals surface area (Å²) in [4.78, 5) is 2.49. The predicted molar refractivity (Wildman–Crippen MR) is 86.8 cm³/mol. The second-order valence-corrected chi connectivity index (χ2v) is 6.49. The number of rotatable bonds is 5. The minimum atomic E-state index is 0.130. The zero-order valence-electron chi connectivity index (χ0n) is 13.3. The lowest BCUT2D eigenvalue weighted by Gasteiger charge is -2.35. The molecule has 0 aliphatic heterocycles. The van der Waals surface area contributed by atoms with E-state index >= 15 is 0 Å². The molecule has 2 heteroatoms. The minimum Gasteiger partial charge on any atom is -0.323 e. The van der Waals surface area contributed by atoms with Crippen LogP contribution in [0.4, 0.5) is 0 Å². The van der Waals surface area contributed by atoms with Gasteiger partial charge < -0.3 is 10.6 Å². The molecule has 0 radical (unpaired) electrons. The average molecular weight is 274 g/mol. The Labute approximate surface area is 124 Å². The quantitative estimate of drug-likeness (QED) is 0.882. The van der Waals surface area contributed by atoms with E-state index in [9.17, 15) is 0 Å². The van der Waals surface area contributed by atoms with Crippen LogP contribution in [-0.4, -0.2) is 24.5 Å². The molecular formula is C18H30N2. The van der Waals surface area contributed by atoms with E-state index in [1.807, 2.05) is 0 Å². The van der Waals surface area contributed by atoms with Gasteiger partial charge in [0.15, 0.2) is 0 Å². The summed E-state index contributed by atoms with van der Waals surface area (Å²) in [5.74, 6) is 0.963. The molecule has 0 amide bonds. The van der Waals surface area contributed by atoms with Crippen molar-refractivity contribution < 1.29 is 0 Å². The van der Waals surface area contributed by atoms with E-state index in [2.05, 4.69) is 50.1 Å². The van der Waals surface area contributed by atoms with E-state index in [1.54, 1.807) is 0 Å². The maximum absolute atomic E-state index is 6.42. The third-order valence-electron chi connectivity index (χ3n) is 5.09. The molecule has 112 valence electrons. The van der Waals surface area contributed by atoms with Gasteiger partial charge in [0.1, 0.15) is 0 Å². The van der Waals surface area contributed by atoms with E-state index in [1.165, 1.54) is 43.2 Å². The molecule has 0 saturated heterocycles. The van der Waals surface area contributed by atoms with Gasteiger partial charge in [-0.3, -0.25) is 0 Å². The largest absolute Gasteiger partial charge is 0.323 e. The first-order valence-corrected chi connectivity index (χ1v) is 8.13. The molecule has 1 unspecified atom stereocenters. The summed E-state index contributed by atoms with van der Waals surface area (Å²) < 4.78 is 0. The summed E-state index contributed by atoms with van der Waals surface area (Å²) in [7, 11) is 2.25. The molecule has 0 heterocycles. The average Bonchev–Trinajstić information content (AvgIpc) is 2.47. The Morgan fingerprint density at radius 2 is 1.85 bits per heavy atom. The normalized spacial score (nSPS) is 24.9. The molecule has 0 spiro atoms. The zero-order chi connectivity index (χ0) is 14.5. The third kappa shape index (κ3) is 3.83. The smallest absolute Gasteiger partial charge is 0.0426 e. The fourth-order valence-corrected chi connectivity index (χ4v) is 3.55. The molecule has 1 aliphatic carbocycles. The number of benzene rings is 1. The fourth-order valence-electron chi connectivity index (χ4n) is 3.55. The summed E-state index contributed by atoms with van der Waals surface area (Å²) in [6.07, 6.45) is 6.82. The maximum atomic E-state index is 6.42. The monoisotopic (exact) mass is 274 g/mol. The first kappa shape index (κ1) is 15.5. The second kappa shape index (κ2) is 7.24. The van der Waals surface area contributed by atoms with Gasteiger partial charge in [0.2, 0.25) is 0 Å². The lowest BCUT2D eigenvalue weighted by atomic mass is 9.84. The topological polar surface area (TPSA) is 29.3 Å². The van der Waals surface area contributed by atoms with Crippen LogP contribution in [0.3, 0.4) is 0 Å². The highest BCUT2D eigenvalue weighted by atomic mass is 15.1. The van der Waals surface area contributed by atoms with Crippen molar-refractivity contribution in [1.29, 1.82) is 0 Å². The van der Waals surface area contributed by atoms with E-state index in [0.29, 0.717) is 0 Å². The van der Waals surface area contributed by atoms with Crippen molar-refractivity contribution in [2.24, 2.45) is 11.7 Å². The molecular weight excluding hydrogens is 244 g/mol. The maximum Gasteiger partial charge on any atom is 0.0426 e. The van der Waals surface area contributed by atoms with Gasteiger partial charge in [0.05, 0.1) is 0 Å². The highest BCUT2D eigenvalue weighted by molar-refractivity contribution is 5.28. The van der Waals surface area contributed by atoms with Gasteiger partial charge in [-0.2, -0.15) is 0 Å². The predicted octanol–water partition coefficient (Wildman–Crippen LogP) is 3.90. The Kier molecular flexibility index (Phi) is 5.62. The zero-order valence-corrected chi connectivity index (χ0v) is 13.3. The Bertz CT molecular complexity index is 408. The Balaban J connectivity index is 1.88. The molecule has 1 aliphatic rings. The minimum absolute atomic E-state index is 0.130. The van der Waals surface area contributed by atoms with Gasteiger partial charge in [-0.15, -0.1) is 0 Å². The summed E-state index contributed by atoms with van der Waals surface area (Å²) in [5, 5.41) is 0. The van der Waals surface area contributed by atoms with E-state index in [-0.39, 0.29) is 6.04 Å². The molecule has 1 aromatic rings. The van der Waals surface area contributed by atoms with Crippen LogP contribution in [0, 0.1) is 12.8 Å². The number of nitrogens with two attached hydrogens (primary N) is 1. The molecule has 1 fully saturated rings. The molecule has 1 aromatic carbocycles. The van der Waals surface area contributed by atoms with Gasteiger partial charge in [0.25, 0.3) is 0 Å². The van der Waals surface area contributed by atoms with Crippen molar-refractivity contribution >= 4 is 0 Å². The first-order chi connectivity index (χ1) is 9.61. The lowest BCUT2D eigenvalue weighted by molar-refractivity contribution is 0.156. The van der Waals surface area contributed by atoms with Crippen molar-refractivity contribution in [3.8, 4) is 0 Å². The summed E-state index contributed by atoms with van der Waals surface area (Å²) in [6, 6.07) is 9.36. The molecule has 1 atom stereocenters. The number of nitrogens with zero attached hydrogens (tertiary/aromatic N) is 1. The van der Waals surface area contributed by atoms with Gasteiger partial charge >= 0.3 is 0 Å². The first-order valence-electron chi connectivity index (χ1n) is 8.13. The van der Waals surface area contributed by atoms with Crippen molar-refractivity contribution in [3.63, 3.8) is 0 Å². The van der Waals surface area contributed by atoms with Crippen LogP contribution in [0.5, 0.6) is 0 Å². The summed E-state index contributed by atoms with van der Waals surface area (Å²) in [6.45, 7) is 5.44. The molecule has 2 nitrogen and oxygen atoms in total. The number of aryl methyl sites for hydroxylation is 1. The summed E-state index contributed by atoms with van der Waals surface area (Å²) >= 11 is 0. The van der Waals surface area contributed by atoms with Crippen LogP contribution in [-0.2, 0) is 0 Å². The van der Waals surface area contributed by atoms with Gasteiger partial charge in [0, 0.05) is 18.6 Å². The molecule has 0 aromatic heterocycles. The fraction of sp³-hybridized carbons (Fsp3) is 0.667. The van der Waals surface area contributed by atoms with Crippen LogP contribution in [0.15, 0.2) is 24.3 Å². The van der Waals surface area contributed by atoms with Crippen molar-refractivity contribution in [2.45, 2.75) is 58.0 Å². The third-order valence-corrected chi connectivity index (χ3v) is 5.09. The Morgan fingerprint density at radius 1 is 1.20 bits per heavy atom. The van der Waals surface area contributed by atoms with Crippen molar-refractivity contribution in [2.75, 3.05) is 13.6 Å². The van der Waals surface area contributed by atoms with Gasteiger partial charge in [-0.25, -0.2) is 0 Å². The molecule has 20 heavy (non-hydrogen) atoms. The van der Waals surface area contributed by atoms with E-state index in [0.717, 1.165) is 18.5 Å². The van der Waals surface area contributed by atoms with Crippen LogP contribution in [0.25, 0.3) is 0 Å². The van der Waals surface area contributed by atoms with Crippen molar-refractivity contribution in [3.05, 3.63) is 35.4 Å². The molecule has 0 bridgehead atoms. The Morgan fingerprint density at radius 3 is 2.45 bits per heavy atom. The molecule has 2 rings (SSSR count). The number of hydrogen-bond acceptors (Lipinski definition) is 2. The van der Waals surface area contributed by atoms with Crippen LogP contribution in [0.2, 0.25) is 0 Å². The SMILES string of the molecule is CCC1CCC(N(C)CC(N)c2ccccc2C)CC1. The molecule has 1 saturated carbocycles. The Hall–Kier alpha value is -0.860. The van der Waals surface area contributed by atoms with Crippen LogP contribution in [0.1, 0.15) is 56.2 Å². The second-order valence-electron chi connectivity index (χ2n) is 6.49. The highest BCUT2D eigenvalue weighted by Crippen LogP contribution is 2.29. The van der Waals surface area contributed by atoms with E-state index < -0.39 is 0 Å². The van der Waals surface area contributed by atoms with Crippen LogP contribution < -0.4 is 5.73 Å². The van der Waals surface area contributed by atoms with Crippen LogP contribution >= 0.6 is 0 Å². The summed E-state index contributed by atoms with van der Waals surface area (Å²) in [5.41, 5.74) is 9.02. The van der Waals surface area contributed by atoms with E-state index in [4.69, 9.17) is 5.73 Å². The van der Waals surface area contributed by atoms with Crippen molar-refractivity contribution in [1.82, 2.24) is 4.90 Å². The van der Waals surface area contributed by atoms with Gasteiger partial charge in [-0.05, 0) is 56.7 Å². The highest BCUT2D eigenvalue weighted by Gasteiger charge is 2.24. The number of hydrogen-bond donors (Lipinski definition) is 1. The standard InChI is InChI=1S/C18H30N2/c1-4-15-9-11-16(12-10-15)20(3)13-18(19)17-8-6-5-7-14(17)2/h5-8,15-16,18H,4,9-13,19H2,1-3H3. The molecule has 2 N–H and O–H groups in total.